The molecule has 2 amide bonds. The number of nitrogens with one attached hydrogen (secondary N) is 1. The van der Waals surface area contributed by atoms with E-state index in [1.165, 1.54) is 0 Å². The van der Waals surface area contributed by atoms with E-state index >= 15 is 0 Å². The van der Waals surface area contributed by atoms with Crippen LogP contribution in [0.1, 0.15) is 38.5 Å². The summed E-state index contributed by atoms with van der Waals surface area (Å²) >= 11 is 0. The second-order valence-electron chi connectivity index (χ2n) is 5.27. The lowest BCUT2D eigenvalue weighted by Gasteiger charge is -2.31. The van der Waals surface area contributed by atoms with Crippen LogP contribution in [0.5, 0.6) is 0 Å². The van der Waals surface area contributed by atoms with Crippen LogP contribution in [0.2, 0.25) is 0 Å². The average molecular weight is 285 g/mol. The van der Waals surface area contributed by atoms with E-state index < -0.39 is 0 Å². The summed E-state index contributed by atoms with van der Waals surface area (Å²) in [5.74, 6) is 0.230. The SMILES string of the molecule is NCCCCC(=O)N1CCC(C(=O)NCCCO)CC1. The molecule has 6 heteroatoms. The Bertz CT molecular complexity index is 272. The number of hydrogen-bond acceptors (Lipinski definition) is 4. The summed E-state index contributed by atoms with van der Waals surface area (Å²) < 4.78 is 0. The summed E-state index contributed by atoms with van der Waals surface area (Å²) in [5.41, 5.74) is 5.41. The molecule has 0 spiro atoms. The van der Waals surface area contributed by atoms with E-state index in [0.717, 1.165) is 25.7 Å². The number of nitrogens with two attached hydrogens (primary N) is 1. The summed E-state index contributed by atoms with van der Waals surface area (Å²) in [7, 11) is 0. The van der Waals surface area contributed by atoms with Crippen molar-refractivity contribution >= 4 is 11.8 Å². The minimum atomic E-state index is 0.00165. The molecule has 0 bridgehead atoms. The van der Waals surface area contributed by atoms with E-state index in [-0.39, 0.29) is 24.3 Å². The number of nitrogens with zero attached hydrogens (tertiary/aromatic N) is 1. The van der Waals surface area contributed by atoms with Gasteiger partial charge in [-0.05, 0) is 38.6 Å². The molecule has 0 aromatic rings. The monoisotopic (exact) mass is 285 g/mol. The van der Waals surface area contributed by atoms with Gasteiger partial charge >= 0.3 is 0 Å². The third-order valence-electron chi connectivity index (χ3n) is 3.70. The van der Waals surface area contributed by atoms with Crippen molar-refractivity contribution in [3.05, 3.63) is 0 Å². The third kappa shape index (κ3) is 5.88. The molecule has 0 atom stereocenters. The summed E-state index contributed by atoms with van der Waals surface area (Å²) in [4.78, 5) is 25.6. The average Bonchev–Trinajstić information content (AvgIpc) is 2.47. The van der Waals surface area contributed by atoms with Gasteiger partial charge in [-0.1, -0.05) is 0 Å². The Morgan fingerprint density at radius 3 is 2.50 bits per heavy atom. The van der Waals surface area contributed by atoms with E-state index in [2.05, 4.69) is 5.32 Å². The number of carbonyl (C=O) groups excluding carboxylic acids is 2. The molecule has 116 valence electrons. The number of aliphatic hydroxyl groups is 1. The van der Waals surface area contributed by atoms with Crippen LogP contribution >= 0.6 is 0 Å². The van der Waals surface area contributed by atoms with Gasteiger partial charge in [0.25, 0.3) is 0 Å². The molecule has 1 saturated heterocycles. The molecule has 1 rings (SSSR count). The van der Waals surface area contributed by atoms with Gasteiger partial charge in [0.05, 0.1) is 0 Å². The van der Waals surface area contributed by atoms with Gasteiger partial charge in [0.1, 0.15) is 0 Å². The maximum absolute atomic E-state index is 11.9. The molecule has 0 unspecified atom stereocenters. The maximum Gasteiger partial charge on any atom is 0.223 e. The number of amides is 2. The first-order chi connectivity index (χ1) is 9.69. The highest BCUT2D eigenvalue weighted by Crippen LogP contribution is 2.18. The lowest BCUT2D eigenvalue weighted by atomic mass is 9.95. The number of rotatable bonds is 8. The predicted molar refractivity (Wildman–Crippen MR) is 76.9 cm³/mol. The minimum Gasteiger partial charge on any atom is -0.396 e. The molecule has 0 aromatic carbocycles. The zero-order valence-electron chi connectivity index (χ0n) is 12.1. The van der Waals surface area contributed by atoms with E-state index in [9.17, 15) is 9.59 Å². The number of carbonyl (C=O) groups is 2. The number of aliphatic hydroxyl groups excluding tert-OH is 1. The van der Waals surface area contributed by atoms with E-state index in [1.807, 2.05) is 4.90 Å². The molecule has 6 nitrogen and oxygen atoms in total. The van der Waals surface area contributed by atoms with E-state index in [4.69, 9.17) is 10.8 Å². The summed E-state index contributed by atoms with van der Waals surface area (Å²) in [5, 5.41) is 11.5. The Balaban J connectivity index is 2.21. The molecular weight excluding hydrogens is 258 g/mol. The molecule has 1 fully saturated rings. The second-order valence-corrected chi connectivity index (χ2v) is 5.27. The van der Waals surface area contributed by atoms with E-state index in [1.54, 1.807) is 0 Å². The smallest absolute Gasteiger partial charge is 0.223 e. The molecule has 0 aliphatic carbocycles. The molecule has 1 aliphatic rings. The van der Waals surface area contributed by atoms with Crippen LogP contribution in [0.4, 0.5) is 0 Å². The van der Waals surface area contributed by atoms with Gasteiger partial charge in [0.15, 0.2) is 0 Å². The number of piperidine rings is 1. The first-order valence-corrected chi connectivity index (χ1v) is 7.55. The molecule has 0 saturated carbocycles. The predicted octanol–water partition coefficient (Wildman–Crippen LogP) is -0.147. The van der Waals surface area contributed by atoms with Crippen LogP contribution in [-0.2, 0) is 9.59 Å². The maximum atomic E-state index is 11.9. The van der Waals surface area contributed by atoms with Crippen molar-refractivity contribution in [2.75, 3.05) is 32.8 Å². The van der Waals surface area contributed by atoms with Crippen LogP contribution in [-0.4, -0.2) is 54.6 Å². The van der Waals surface area contributed by atoms with Gasteiger partial charge in [-0.2, -0.15) is 0 Å². The fraction of sp³-hybridized carbons (Fsp3) is 0.857. The highest BCUT2D eigenvalue weighted by Gasteiger charge is 2.26. The second kappa shape index (κ2) is 9.72. The Hall–Kier alpha value is -1.14. The van der Waals surface area contributed by atoms with Crippen molar-refractivity contribution < 1.29 is 14.7 Å². The molecule has 1 heterocycles. The van der Waals surface area contributed by atoms with Crippen LogP contribution in [0.25, 0.3) is 0 Å². The number of unbranched alkanes of at least 4 members (excludes halogenated alkanes) is 1. The van der Waals surface area contributed by atoms with Crippen LogP contribution in [0.15, 0.2) is 0 Å². The number of likely N-dealkylation sites (tertiary alicyclic amines) is 1. The largest absolute Gasteiger partial charge is 0.396 e. The lowest BCUT2D eigenvalue weighted by Crippen LogP contribution is -2.43. The Morgan fingerprint density at radius 1 is 1.20 bits per heavy atom. The lowest BCUT2D eigenvalue weighted by molar-refractivity contribution is -0.135. The summed E-state index contributed by atoms with van der Waals surface area (Å²) in [6.45, 7) is 2.58. The highest BCUT2D eigenvalue weighted by molar-refractivity contribution is 5.80. The van der Waals surface area contributed by atoms with E-state index in [0.29, 0.717) is 39.0 Å². The molecule has 20 heavy (non-hydrogen) atoms. The fourth-order valence-electron chi connectivity index (χ4n) is 2.40. The van der Waals surface area contributed by atoms with Gasteiger partial charge in [0.2, 0.25) is 11.8 Å². The number of hydrogen-bond donors (Lipinski definition) is 3. The normalized spacial score (nSPS) is 16.2. The summed E-state index contributed by atoms with van der Waals surface area (Å²) in [6.07, 6.45) is 4.34. The fourth-order valence-corrected chi connectivity index (χ4v) is 2.40. The first kappa shape index (κ1) is 16.9. The van der Waals surface area contributed by atoms with Gasteiger partial charge < -0.3 is 21.1 Å². The van der Waals surface area contributed by atoms with Crippen molar-refractivity contribution in [1.82, 2.24) is 10.2 Å². The van der Waals surface area contributed by atoms with Gasteiger partial charge in [0, 0.05) is 38.6 Å². The van der Waals surface area contributed by atoms with Crippen LogP contribution in [0.3, 0.4) is 0 Å². The minimum absolute atomic E-state index is 0.00165. The van der Waals surface area contributed by atoms with Gasteiger partial charge in [-0.3, -0.25) is 9.59 Å². The summed E-state index contributed by atoms with van der Waals surface area (Å²) in [6, 6.07) is 0. The highest BCUT2D eigenvalue weighted by atomic mass is 16.3. The molecule has 4 N–H and O–H groups in total. The standard InChI is InChI=1S/C14H27N3O3/c15-7-2-1-4-13(19)17-9-5-12(6-10-17)14(20)16-8-3-11-18/h12,18H,1-11,15H2,(H,16,20). The van der Waals surface area contributed by atoms with Gasteiger partial charge in [-0.25, -0.2) is 0 Å². The third-order valence-corrected chi connectivity index (χ3v) is 3.70. The van der Waals surface area contributed by atoms with Gasteiger partial charge in [-0.15, -0.1) is 0 Å². The molecular formula is C14H27N3O3. The molecule has 0 aromatic heterocycles. The Kier molecular flexibility index (Phi) is 8.22. The molecule has 0 radical (unpaired) electrons. The quantitative estimate of drug-likeness (QED) is 0.541. The van der Waals surface area contributed by atoms with Crippen LogP contribution in [0, 0.1) is 5.92 Å². The first-order valence-electron chi connectivity index (χ1n) is 7.55. The van der Waals surface area contributed by atoms with Crippen molar-refractivity contribution in [1.29, 1.82) is 0 Å². The molecule has 1 aliphatic heterocycles. The topological polar surface area (TPSA) is 95.7 Å². The Labute approximate surface area is 120 Å². The zero-order chi connectivity index (χ0) is 14.8. The van der Waals surface area contributed by atoms with Crippen LogP contribution < -0.4 is 11.1 Å². The van der Waals surface area contributed by atoms with Crippen molar-refractivity contribution in [3.63, 3.8) is 0 Å². The van der Waals surface area contributed by atoms with Crippen molar-refractivity contribution in [3.8, 4) is 0 Å². The zero-order valence-corrected chi connectivity index (χ0v) is 12.1. The van der Waals surface area contributed by atoms with Crippen molar-refractivity contribution in [2.45, 2.75) is 38.5 Å². The Morgan fingerprint density at radius 2 is 1.90 bits per heavy atom. The van der Waals surface area contributed by atoms with Crippen molar-refractivity contribution in [2.24, 2.45) is 11.7 Å².